The van der Waals surface area contributed by atoms with E-state index in [0.29, 0.717) is 11.3 Å². The van der Waals surface area contributed by atoms with Crippen molar-refractivity contribution in [1.29, 1.82) is 0 Å². The zero-order valence-electron chi connectivity index (χ0n) is 12.8. The van der Waals surface area contributed by atoms with Crippen LogP contribution in [0.15, 0.2) is 54.6 Å². The molecule has 0 aliphatic carbocycles. The van der Waals surface area contributed by atoms with E-state index in [9.17, 15) is 23.1 Å². The molecule has 1 atom stereocenters. The average molecular weight is 339 g/mol. The summed E-state index contributed by atoms with van der Waals surface area (Å²) in [5.41, 5.74) is -3.58. The highest BCUT2D eigenvalue weighted by Crippen LogP contribution is 2.39. The zero-order valence-corrected chi connectivity index (χ0v) is 12.8. The summed E-state index contributed by atoms with van der Waals surface area (Å²) in [6.45, 7) is -0.159. The van der Waals surface area contributed by atoms with Crippen molar-refractivity contribution in [2.24, 2.45) is 0 Å². The molecular weight excluding hydrogens is 323 g/mol. The van der Waals surface area contributed by atoms with Crippen LogP contribution < -0.4 is 10.1 Å². The minimum absolute atomic E-state index is 0.159. The van der Waals surface area contributed by atoms with Gasteiger partial charge < -0.3 is 15.2 Å². The number of amides is 1. The summed E-state index contributed by atoms with van der Waals surface area (Å²) in [5.74, 6) is -0.946. The lowest BCUT2D eigenvalue weighted by Gasteiger charge is -2.29. The molecule has 2 rings (SSSR count). The fourth-order valence-electron chi connectivity index (χ4n) is 2.16. The topological polar surface area (TPSA) is 58.6 Å². The van der Waals surface area contributed by atoms with Crippen LogP contribution in [0.5, 0.6) is 5.75 Å². The molecule has 1 amide bonds. The van der Waals surface area contributed by atoms with Gasteiger partial charge in [0, 0.05) is 12.1 Å². The summed E-state index contributed by atoms with van der Waals surface area (Å²) in [6.07, 6.45) is -5.15. The molecule has 2 aromatic carbocycles. The zero-order chi connectivity index (χ0) is 17.8. The summed E-state index contributed by atoms with van der Waals surface area (Å²) in [7, 11) is 1.49. The predicted octanol–water partition coefficient (Wildman–Crippen LogP) is 2.76. The first kappa shape index (κ1) is 17.8. The molecule has 0 heterocycles. The Hall–Kier alpha value is -2.54. The molecule has 7 heteroatoms. The monoisotopic (exact) mass is 339 g/mol. The Morgan fingerprint density at radius 1 is 1.08 bits per heavy atom. The number of nitrogens with one attached hydrogen (secondary N) is 1. The summed E-state index contributed by atoms with van der Waals surface area (Å²) in [6, 6.07) is 12.7. The van der Waals surface area contributed by atoms with Crippen LogP contribution >= 0.6 is 0 Å². The second kappa shape index (κ2) is 6.92. The van der Waals surface area contributed by atoms with Crippen LogP contribution in [0, 0.1) is 0 Å². The highest BCUT2D eigenvalue weighted by Gasteiger charge is 2.60. The van der Waals surface area contributed by atoms with Gasteiger partial charge in [-0.15, -0.1) is 0 Å². The predicted molar refractivity (Wildman–Crippen MR) is 81.2 cm³/mol. The molecule has 4 nitrogen and oxygen atoms in total. The first-order chi connectivity index (χ1) is 11.3. The van der Waals surface area contributed by atoms with Crippen LogP contribution in [0.1, 0.15) is 11.1 Å². The third-order valence-corrected chi connectivity index (χ3v) is 3.54. The van der Waals surface area contributed by atoms with Gasteiger partial charge in [-0.05, 0) is 17.7 Å². The standard InChI is InChI=1S/C17H16F3NO3/c1-24-14-9-7-12(8-10-14)11-21-15(22)16(23,17(18,19)20)13-5-3-2-4-6-13/h2-10,23H,11H2,1H3,(H,21,22). The number of carbonyl (C=O) groups excluding carboxylic acids is 1. The van der Waals surface area contributed by atoms with E-state index in [2.05, 4.69) is 5.32 Å². The van der Waals surface area contributed by atoms with Gasteiger partial charge >= 0.3 is 6.18 Å². The first-order valence-electron chi connectivity index (χ1n) is 7.05. The number of rotatable bonds is 5. The van der Waals surface area contributed by atoms with Crippen molar-refractivity contribution >= 4 is 5.91 Å². The van der Waals surface area contributed by atoms with Gasteiger partial charge in [-0.25, -0.2) is 0 Å². The smallest absolute Gasteiger partial charge is 0.430 e. The number of ether oxygens (including phenoxy) is 1. The highest BCUT2D eigenvalue weighted by atomic mass is 19.4. The fraction of sp³-hybridized carbons (Fsp3) is 0.235. The molecule has 0 spiro atoms. The first-order valence-corrected chi connectivity index (χ1v) is 7.05. The maximum atomic E-state index is 13.3. The largest absolute Gasteiger partial charge is 0.497 e. The van der Waals surface area contributed by atoms with Crippen LogP contribution in [0.4, 0.5) is 13.2 Å². The Labute approximate surface area is 136 Å². The molecule has 128 valence electrons. The fourth-order valence-corrected chi connectivity index (χ4v) is 2.16. The van der Waals surface area contributed by atoms with E-state index in [1.807, 2.05) is 0 Å². The van der Waals surface area contributed by atoms with E-state index in [4.69, 9.17) is 4.74 Å². The summed E-state index contributed by atoms with van der Waals surface area (Å²) in [5, 5.41) is 12.2. The number of halogens is 3. The van der Waals surface area contributed by atoms with Crippen molar-refractivity contribution in [3.63, 3.8) is 0 Å². The maximum Gasteiger partial charge on any atom is 0.430 e. The quantitative estimate of drug-likeness (QED) is 0.881. The van der Waals surface area contributed by atoms with Crippen molar-refractivity contribution < 1.29 is 27.8 Å². The van der Waals surface area contributed by atoms with E-state index in [1.165, 1.54) is 25.3 Å². The Morgan fingerprint density at radius 3 is 2.17 bits per heavy atom. The third-order valence-electron chi connectivity index (χ3n) is 3.54. The molecule has 0 saturated heterocycles. The number of carbonyl (C=O) groups is 1. The van der Waals surface area contributed by atoms with Crippen LogP contribution in [-0.4, -0.2) is 24.3 Å². The van der Waals surface area contributed by atoms with Gasteiger partial charge in [0.2, 0.25) is 0 Å². The van der Waals surface area contributed by atoms with E-state index in [1.54, 1.807) is 24.3 Å². The lowest BCUT2D eigenvalue weighted by atomic mass is 9.92. The van der Waals surface area contributed by atoms with Crippen LogP contribution in [0.25, 0.3) is 0 Å². The summed E-state index contributed by atoms with van der Waals surface area (Å²) >= 11 is 0. The van der Waals surface area contributed by atoms with Gasteiger partial charge in [0.05, 0.1) is 7.11 Å². The van der Waals surface area contributed by atoms with Gasteiger partial charge in [-0.1, -0.05) is 42.5 Å². The van der Waals surface area contributed by atoms with E-state index in [-0.39, 0.29) is 6.54 Å². The molecule has 0 radical (unpaired) electrons. The number of benzene rings is 2. The van der Waals surface area contributed by atoms with E-state index < -0.39 is 23.2 Å². The molecule has 2 aromatic rings. The van der Waals surface area contributed by atoms with E-state index in [0.717, 1.165) is 12.1 Å². The van der Waals surface area contributed by atoms with Crippen molar-refractivity contribution in [3.8, 4) is 5.75 Å². The lowest BCUT2D eigenvalue weighted by molar-refractivity contribution is -0.257. The van der Waals surface area contributed by atoms with Crippen LogP contribution in [0.2, 0.25) is 0 Å². The Kier molecular flexibility index (Phi) is 5.14. The Morgan fingerprint density at radius 2 is 1.67 bits per heavy atom. The molecule has 0 aromatic heterocycles. The third kappa shape index (κ3) is 3.51. The lowest BCUT2D eigenvalue weighted by Crippen LogP contribution is -2.54. The molecule has 0 fully saturated rings. The molecule has 1 unspecified atom stereocenters. The second-order valence-corrected chi connectivity index (χ2v) is 5.10. The molecule has 2 N–H and O–H groups in total. The van der Waals surface area contributed by atoms with Gasteiger partial charge in [-0.2, -0.15) is 13.2 Å². The molecular formula is C17H16F3NO3. The van der Waals surface area contributed by atoms with E-state index >= 15 is 0 Å². The SMILES string of the molecule is COc1ccc(CNC(=O)C(O)(c2ccccc2)C(F)(F)F)cc1. The molecule has 0 aliphatic rings. The van der Waals surface area contributed by atoms with Gasteiger partial charge in [0.25, 0.3) is 11.5 Å². The molecule has 0 saturated carbocycles. The minimum atomic E-state index is -5.15. The second-order valence-electron chi connectivity index (χ2n) is 5.10. The van der Waals surface area contributed by atoms with Crippen LogP contribution in [-0.2, 0) is 16.9 Å². The molecule has 0 aliphatic heterocycles. The molecule has 0 bridgehead atoms. The van der Waals surface area contributed by atoms with Gasteiger partial charge in [0.15, 0.2) is 0 Å². The maximum absolute atomic E-state index is 13.3. The van der Waals surface area contributed by atoms with Gasteiger partial charge in [-0.3, -0.25) is 4.79 Å². The number of alkyl halides is 3. The number of hydrogen-bond acceptors (Lipinski definition) is 3. The van der Waals surface area contributed by atoms with Gasteiger partial charge in [0.1, 0.15) is 5.75 Å². The summed E-state index contributed by atoms with van der Waals surface area (Å²) < 4.78 is 45.0. The van der Waals surface area contributed by atoms with Crippen molar-refractivity contribution in [3.05, 3.63) is 65.7 Å². The number of hydrogen-bond donors (Lipinski definition) is 2. The average Bonchev–Trinajstić information content (AvgIpc) is 2.59. The minimum Gasteiger partial charge on any atom is -0.497 e. The number of methoxy groups -OCH3 is 1. The van der Waals surface area contributed by atoms with Crippen molar-refractivity contribution in [2.75, 3.05) is 7.11 Å². The van der Waals surface area contributed by atoms with Crippen LogP contribution in [0.3, 0.4) is 0 Å². The Bertz CT molecular complexity index is 686. The van der Waals surface area contributed by atoms with Crippen molar-refractivity contribution in [1.82, 2.24) is 5.32 Å². The molecule has 24 heavy (non-hydrogen) atoms. The number of aliphatic hydroxyl groups is 1. The highest BCUT2D eigenvalue weighted by molar-refractivity contribution is 5.87. The van der Waals surface area contributed by atoms with Crippen molar-refractivity contribution in [2.45, 2.75) is 18.3 Å². The summed E-state index contributed by atoms with van der Waals surface area (Å²) in [4.78, 5) is 12.1. The normalized spacial score (nSPS) is 13.9. The Balaban J connectivity index is 2.19.